The van der Waals surface area contributed by atoms with E-state index in [0.29, 0.717) is 53.5 Å². The lowest BCUT2D eigenvalue weighted by atomic mass is 9.95. The number of nitrogens with two attached hydrogens (primary N) is 1. The number of esters is 1. The molecule has 45 heavy (non-hydrogen) atoms. The number of aryl methyl sites for hydroxylation is 2. The van der Waals surface area contributed by atoms with Crippen molar-refractivity contribution in [1.29, 1.82) is 0 Å². The molecule has 0 unspecified atom stereocenters. The molecular formula is C32H31F4N7O2. The average molecular weight is 622 g/mol. The molecule has 2 aromatic carbocycles. The molecule has 3 aromatic heterocycles. The van der Waals surface area contributed by atoms with E-state index in [1.807, 2.05) is 36.7 Å². The number of H-pyrrole nitrogens is 1. The maximum atomic E-state index is 16.5. The van der Waals surface area contributed by atoms with Crippen LogP contribution in [-0.2, 0) is 48.1 Å². The first-order valence-corrected chi connectivity index (χ1v) is 14.6. The van der Waals surface area contributed by atoms with Crippen LogP contribution in [0, 0.1) is 5.82 Å². The molecule has 0 fully saturated rings. The fourth-order valence-corrected chi connectivity index (χ4v) is 5.92. The molecule has 0 saturated carbocycles. The van der Waals surface area contributed by atoms with E-state index in [2.05, 4.69) is 15.0 Å². The number of benzene rings is 2. The average Bonchev–Trinajstić information content (AvgIpc) is 3.68. The number of aromatic nitrogens is 5. The third kappa shape index (κ3) is 5.52. The molecule has 234 valence electrons. The van der Waals surface area contributed by atoms with Crippen LogP contribution in [0.2, 0.25) is 0 Å². The van der Waals surface area contributed by atoms with Gasteiger partial charge < -0.3 is 20.4 Å². The SMILES string of the molecule is CCc1cccc(CC)c1-n1nc2c(c1-c1c(F)cc(COC(=O)CN)c3[nH]ccc13)CN(c1ncc(C(F)(F)F)cn1)CC2. The summed E-state index contributed by atoms with van der Waals surface area (Å²) < 4.78 is 63.1. The lowest BCUT2D eigenvalue weighted by Gasteiger charge is -2.27. The summed E-state index contributed by atoms with van der Waals surface area (Å²) in [5, 5.41) is 5.62. The minimum atomic E-state index is -4.56. The summed E-state index contributed by atoms with van der Waals surface area (Å²) >= 11 is 0. The largest absolute Gasteiger partial charge is 0.460 e. The highest BCUT2D eigenvalue weighted by molar-refractivity contribution is 5.98. The molecule has 9 nitrogen and oxygen atoms in total. The summed E-state index contributed by atoms with van der Waals surface area (Å²) in [5.74, 6) is -1.01. The first-order valence-electron chi connectivity index (χ1n) is 14.6. The van der Waals surface area contributed by atoms with E-state index in [4.69, 9.17) is 15.6 Å². The van der Waals surface area contributed by atoms with E-state index >= 15 is 4.39 Å². The molecule has 0 aliphatic carbocycles. The van der Waals surface area contributed by atoms with Gasteiger partial charge in [-0.2, -0.15) is 18.3 Å². The Morgan fingerprint density at radius 1 is 1.09 bits per heavy atom. The van der Waals surface area contributed by atoms with E-state index in [9.17, 15) is 18.0 Å². The second kappa shape index (κ2) is 12.0. The van der Waals surface area contributed by atoms with Gasteiger partial charge >= 0.3 is 12.1 Å². The Labute approximate surface area is 256 Å². The lowest BCUT2D eigenvalue weighted by Crippen LogP contribution is -2.31. The van der Waals surface area contributed by atoms with Crippen LogP contribution >= 0.6 is 0 Å². The summed E-state index contributed by atoms with van der Waals surface area (Å²) in [6, 6.07) is 9.15. The Bertz CT molecular complexity index is 1860. The van der Waals surface area contributed by atoms with Gasteiger partial charge in [0, 0.05) is 60.2 Å². The number of para-hydroxylation sites is 1. The van der Waals surface area contributed by atoms with Crippen LogP contribution < -0.4 is 10.6 Å². The maximum absolute atomic E-state index is 16.5. The molecule has 0 amide bonds. The molecule has 0 bridgehead atoms. The van der Waals surface area contributed by atoms with Gasteiger partial charge in [0.25, 0.3) is 0 Å². The van der Waals surface area contributed by atoms with Crippen LogP contribution in [0.15, 0.2) is 48.9 Å². The molecule has 4 heterocycles. The zero-order valence-electron chi connectivity index (χ0n) is 24.7. The van der Waals surface area contributed by atoms with Crippen LogP contribution in [0.4, 0.5) is 23.5 Å². The highest BCUT2D eigenvalue weighted by Crippen LogP contribution is 2.41. The smallest absolute Gasteiger partial charge is 0.419 e. The van der Waals surface area contributed by atoms with Crippen molar-refractivity contribution in [2.45, 2.75) is 52.4 Å². The van der Waals surface area contributed by atoms with Crippen LogP contribution in [-0.4, -0.2) is 43.8 Å². The molecule has 0 radical (unpaired) electrons. The van der Waals surface area contributed by atoms with Gasteiger partial charge in [0.2, 0.25) is 5.95 Å². The standard InChI is InChI=1S/C32H31F4N7O2/c1-3-18-6-5-7-19(4-2)29(18)43-30(27-22-8-10-38-28(22)20(12-24(27)33)17-45-26(44)13-37)23-16-42(11-9-25(23)41-43)31-39-14-21(15-40-31)32(34,35)36/h5-8,10,12,14-15,38H,3-4,9,11,13,16-17,37H2,1-2H3. The summed E-state index contributed by atoms with van der Waals surface area (Å²) in [4.78, 5) is 24.7. The highest BCUT2D eigenvalue weighted by atomic mass is 19.4. The van der Waals surface area contributed by atoms with E-state index in [-0.39, 0.29) is 25.6 Å². The molecule has 13 heteroatoms. The van der Waals surface area contributed by atoms with Gasteiger partial charge in [0.05, 0.1) is 34.7 Å². The van der Waals surface area contributed by atoms with E-state index in [1.54, 1.807) is 17.2 Å². The Balaban J connectivity index is 1.55. The van der Waals surface area contributed by atoms with E-state index in [1.165, 1.54) is 6.07 Å². The van der Waals surface area contributed by atoms with Crippen LogP contribution in [0.3, 0.4) is 0 Å². The topological polar surface area (TPSA) is 115 Å². The lowest BCUT2D eigenvalue weighted by molar-refractivity contribution is -0.143. The molecule has 1 aliphatic heterocycles. The Morgan fingerprint density at radius 2 is 1.80 bits per heavy atom. The quantitative estimate of drug-likeness (QED) is 0.170. The highest BCUT2D eigenvalue weighted by Gasteiger charge is 2.34. The van der Waals surface area contributed by atoms with Crippen molar-refractivity contribution in [3.8, 4) is 16.9 Å². The Morgan fingerprint density at radius 3 is 2.44 bits per heavy atom. The summed E-state index contributed by atoms with van der Waals surface area (Å²) in [5.41, 5.74) is 10.7. The van der Waals surface area contributed by atoms with Gasteiger partial charge in [-0.15, -0.1) is 0 Å². The minimum Gasteiger partial charge on any atom is -0.460 e. The Hall–Kier alpha value is -4.78. The fraction of sp³-hybridized carbons (Fsp3) is 0.312. The molecule has 0 atom stereocenters. The molecule has 0 saturated heterocycles. The van der Waals surface area contributed by atoms with Gasteiger partial charge in [0.15, 0.2) is 0 Å². The molecule has 3 N–H and O–H groups in total. The van der Waals surface area contributed by atoms with Gasteiger partial charge in [-0.1, -0.05) is 32.0 Å². The number of nitrogens with zero attached hydrogens (tertiary/aromatic N) is 5. The predicted molar refractivity (Wildman–Crippen MR) is 160 cm³/mol. The monoisotopic (exact) mass is 621 g/mol. The summed E-state index contributed by atoms with van der Waals surface area (Å²) in [6.45, 7) is 4.25. The number of ether oxygens (including phenoxy) is 1. The number of alkyl halides is 3. The number of halogens is 4. The number of rotatable bonds is 8. The zero-order valence-corrected chi connectivity index (χ0v) is 24.7. The minimum absolute atomic E-state index is 0.139. The van der Waals surface area contributed by atoms with Crippen molar-refractivity contribution in [3.05, 3.63) is 88.3 Å². The third-order valence-corrected chi connectivity index (χ3v) is 8.13. The molecule has 0 spiro atoms. The van der Waals surface area contributed by atoms with Gasteiger partial charge in [-0.3, -0.25) is 4.79 Å². The number of carbonyl (C=O) groups is 1. The number of fused-ring (bicyclic) bond motifs is 2. The normalized spacial score (nSPS) is 13.4. The van der Waals surface area contributed by atoms with Gasteiger partial charge in [0.1, 0.15) is 12.4 Å². The number of aromatic amines is 1. The maximum Gasteiger partial charge on any atom is 0.419 e. The predicted octanol–water partition coefficient (Wildman–Crippen LogP) is 5.66. The van der Waals surface area contributed by atoms with Crippen LogP contribution in [0.1, 0.15) is 47.4 Å². The van der Waals surface area contributed by atoms with Gasteiger partial charge in [-0.25, -0.2) is 19.0 Å². The number of hydrogen-bond donors (Lipinski definition) is 2. The number of carbonyl (C=O) groups excluding carboxylic acids is 1. The Kier molecular flexibility index (Phi) is 8.04. The number of nitrogens with one attached hydrogen (secondary N) is 1. The summed E-state index contributed by atoms with van der Waals surface area (Å²) in [7, 11) is 0. The van der Waals surface area contributed by atoms with Gasteiger partial charge in [-0.05, 0) is 36.1 Å². The molecule has 6 rings (SSSR count). The van der Waals surface area contributed by atoms with Crippen LogP contribution in [0.25, 0.3) is 27.8 Å². The summed E-state index contributed by atoms with van der Waals surface area (Å²) in [6.07, 6.45) is 0.548. The zero-order chi connectivity index (χ0) is 31.9. The molecular weight excluding hydrogens is 590 g/mol. The second-order valence-corrected chi connectivity index (χ2v) is 10.8. The van der Waals surface area contributed by atoms with Crippen molar-refractivity contribution in [2.24, 2.45) is 5.73 Å². The first kappa shape index (κ1) is 30.3. The van der Waals surface area contributed by atoms with Crippen molar-refractivity contribution in [2.75, 3.05) is 18.0 Å². The third-order valence-electron chi connectivity index (χ3n) is 8.13. The van der Waals surface area contributed by atoms with Crippen molar-refractivity contribution in [3.63, 3.8) is 0 Å². The van der Waals surface area contributed by atoms with Crippen molar-refractivity contribution >= 4 is 22.8 Å². The number of hydrogen-bond acceptors (Lipinski definition) is 7. The van der Waals surface area contributed by atoms with Crippen LogP contribution in [0.5, 0.6) is 0 Å². The van der Waals surface area contributed by atoms with Crippen molar-refractivity contribution in [1.82, 2.24) is 24.7 Å². The molecule has 1 aliphatic rings. The molecule has 5 aromatic rings. The van der Waals surface area contributed by atoms with E-state index < -0.39 is 23.5 Å². The van der Waals surface area contributed by atoms with Crippen molar-refractivity contribution < 1.29 is 27.1 Å². The fourth-order valence-electron chi connectivity index (χ4n) is 5.92. The van der Waals surface area contributed by atoms with E-state index in [0.717, 1.165) is 40.5 Å². The number of anilines is 1. The second-order valence-electron chi connectivity index (χ2n) is 10.8. The first-order chi connectivity index (χ1) is 21.6.